The molecule has 1 aromatic heterocycles. The van der Waals surface area contributed by atoms with Crippen LogP contribution < -0.4 is 10.1 Å². The molecule has 0 fully saturated rings. The summed E-state index contributed by atoms with van der Waals surface area (Å²) >= 11 is 0. The van der Waals surface area contributed by atoms with Crippen molar-refractivity contribution in [2.45, 2.75) is 19.9 Å². The van der Waals surface area contributed by atoms with Crippen molar-refractivity contribution in [3.63, 3.8) is 0 Å². The number of hydrogen-bond donors (Lipinski definition) is 1. The molecule has 6 heteroatoms. The lowest BCUT2D eigenvalue weighted by Crippen LogP contribution is -2.34. The summed E-state index contributed by atoms with van der Waals surface area (Å²) in [5, 5.41) is 6.82. The minimum atomic E-state index is -0.178. The smallest absolute Gasteiger partial charge is 0.258 e. The van der Waals surface area contributed by atoms with Crippen molar-refractivity contribution in [1.29, 1.82) is 0 Å². The molecule has 6 nitrogen and oxygen atoms in total. The van der Waals surface area contributed by atoms with E-state index in [1.54, 1.807) is 6.07 Å². The molecular weight excluding hydrogens is 318 g/mol. The molecule has 0 aliphatic carbocycles. The van der Waals surface area contributed by atoms with Crippen LogP contribution in [0.4, 0.5) is 0 Å². The zero-order valence-electron chi connectivity index (χ0n) is 14.1. The van der Waals surface area contributed by atoms with Crippen LogP contribution in [0.2, 0.25) is 0 Å². The first-order valence-corrected chi connectivity index (χ1v) is 8.04. The minimum Gasteiger partial charge on any atom is -0.483 e. The number of carbonyl (C=O) groups excluding carboxylic acids is 1. The van der Waals surface area contributed by atoms with E-state index < -0.39 is 0 Å². The number of para-hydroxylation sites is 1. The molecule has 0 aliphatic rings. The highest BCUT2D eigenvalue weighted by Crippen LogP contribution is 2.29. The molecule has 3 rings (SSSR count). The van der Waals surface area contributed by atoms with Gasteiger partial charge in [-0.3, -0.25) is 4.79 Å². The van der Waals surface area contributed by atoms with Crippen LogP contribution in [0.1, 0.15) is 13.8 Å². The van der Waals surface area contributed by atoms with Crippen molar-refractivity contribution in [3.05, 3.63) is 54.6 Å². The quantitative estimate of drug-likeness (QED) is 0.747. The number of benzene rings is 2. The molecule has 0 radical (unpaired) electrons. The van der Waals surface area contributed by atoms with Gasteiger partial charge < -0.3 is 14.6 Å². The normalized spacial score (nSPS) is 10.7. The van der Waals surface area contributed by atoms with Crippen LogP contribution in [-0.4, -0.2) is 28.7 Å². The second-order valence-corrected chi connectivity index (χ2v) is 5.80. The van der Waals surface area contributed by atoms with E-state index in [9.17, 15) is 4.79 Å². The minimum absolute atomic E-state index is 0.0666. The van der Waals surface area contributed by atoms with Crippen LogP contribution >= 0.6 is 0 Å². The summed E-state index contributed by atoms with van der Waals surface area (Å²) in [4.78, 5) is 16.2. The first kappa shape index (κ1) is 16.7. The maximum atomic E-state index is 11.8. The van der Waals surface area contributed by atoms with Gasteiger partial charge in [-0.2, -0.15) is 4.98 Å². The summed E-state index contributed by atoms with van der Waals surface area (Å²) < 4.78 is 11.0. The number of carbonyl (C=O) groups is 1. The molecule has 1 N–H and O–H groups in total. The molecule has 2 aromatic carbocycles. The number of nitrogens with one attached hydrogen (secondary N) is 1. The Morgan fingerprint density at radius 3 is 2.60 bits per heavy atom. The third-order valence-electron chi connectivity index (χ3n) is 3.38. The van der Waals surface area contributed by atoms with Gasteiger partial charge in [0, 0.05) is 11.6 Å². The van der Waals surface area contributed by atoms with Crippen LogP contribution in [0.3, 0.4) is 0 Å². The molecule has 1 amide bonds. The third kappa shape index (κ3) is 4.23. The zero-order valence-corrected chi connectivity index (χ0v) is 14.1. The zero-order chi connectivity index (χ0) is 17.6. The van der Waals surface area contributed by atoms with Crippen LogP contribution in [0, 0.1) is 0 Å². The molecule has 3 aromatic rings. The van der Waals surface area contributed by atoms with Gasteiger partial charge in [0.15, 0.2) is 6.61 Å². The summed E-state index contributed by atoms with van der Waals surface area (Å²) in [7, 11) is 0. The van der Waals surface area contributed by atoms with Crippen molar-refractivity contribution < 1.29 is 14.1 Å². The second-order valence-electron chi connectivity index (χ2n) is 5.80. The fourth-order valence-electron chi connectivity index (χ4n) is 2.32. The van der Waals surface area contributed by atoms with Crippen molar-refractivity contribution >= 4 is 5.91 Å². The Morgan fingerprint density at radius 1 is 1.12 bits per heavy atom. The van der Waals surface area contributed by atoms with Gasteiger partial charge in [0.1, 0.15) is 5.75 Å². The average molecular weight is 337 g/mol. The van der Waals surface area contributed by atoms with Gasteiger partial charge >= 0.3 is 0 Å². The average Bonchev–Trinajstić information content (AvgIpc) is 3.10. The van der Waals surface area contributed by atoms with Crippen molar-refractivity contribution in [2.24, 2.45) is 0 Å². The SMILES string of the molecule is CC(C)NC(=O)COc1ccccc1-c1noc(-c2ccccc2)n1. The summed E-state index contributed by atoms with van der Waals surface area (Å²) in [5.74, 6) is 1.20. The molecular formula is C19H19N3O3. The van der Waals surface area contributed by atoms with E-state index >= 15 is 0 Å². The predicted octanol–water partition coefficient (Wildman–Crippen LogP) is 3.31. The molecule has 0 saturated heterocycles. The Morgan fingerprint density at radius 2 is 1.84 bits per heavy atom. The van der Waals surface area contributed by atoms with Gasteiger partial charge in [-0.15, -0.1) is 0 Å². The number of aromatic nitrogens is 2. The lowest BCUT2D eigenvalue weighted by atomic mass is 10.2. The predicted molar refractivity (Wildman–Crippen MR) is 93.9 cm³/mol. The van der Waals surface area contributed by atoms with E-state index in [0.29, 0.717) is 23.0 Å². The lowest BCUT2D eigenvalue weighted by Gasteiger charge is -2.11. The molecule has 25 heavy (non-hydrogen) atoms. The number of rotatable bonds is 6. The Balaban J connectivity index is 1.79. The number of amides is 1. The Hall–Kier alpha value is -3.15. The van der Waals surface area contributed by atoms with Gasteiger partial charge in [0.25, 0.3) is 11.8 Å². The van der Waals surface area contributed by atoms with Gasteiger partial charge in [-0.1, -0.05) is 35.5 Å². The highest BCUT2D eigenvalue weighted by molar-refractivity contribution is 5.78. The molecule has 128 valence electrons. The monoisotopic (exact) mass is 337 g/mol. The second kappa shape index (κ2) is 7.61. The van der Waals surface area contributed by atoms with E-state index in [-0.39, 0.29) is 18.6 Å². The van der Waals surface area contributed by atoms with Gasteiger partial charge in [-0.05, 0) is 38.1 Å². The van der Waals surface area contributed by atoms with E-state index in [1.807, 2.05) is 62.4 Å². The molecule has 0 saturated carbocycles. The van der Waals surface area contributed by atoms with Gasteiger partial charge in [0.2, 0.25) is 5.82 Å². The lowest BCUT2D eigenvalue weighted by molar-refractivity contribution is -0.123. The molecule has 0 atom stereocenters. The maximum absolute atomic E-state index is 11.8. The topological polar surface area (TPSA) is 77.2 Å². The van der Waals surface area contributed by atoms with E-state index in [2.05, 4.69) is 15.5 Å². The maximum Gasteiger partial charge on any atom is 0.258 e. The standard InChI is InChI=1S/C19H19N3O3/c1-13(2)20-17(23)12-24-16-11-7-6-10-15(16)18-21-19(25-22-18)14-8-4-3-5-9-14/h3-11,13H,12H2,1-2H3,(H,20,23). The molecule has 0 spiro atoms. The van der Waals surface area contributed by atoms with Crippen molar-refractivity contribution in [2.75, 3.05) is 6.61 Å². The highest BCUT2D eigenvalue weighted by Gasteiger charge is 2.15. The first-order chi connectivity index (χ1) is 12.1. The third-order valence-corrected chi connectivity index (χ3v) is 3.38. The Bertz CT molecular complexity index is 844. The summed E-state index contributed by atoms with van der Waals surface area (Å²) in [6.45, 7) is 3.73. The number of hydrogen-bond acceptors (Lipinski definition) is 5. The first-order valence-electron chi connectivity index (χ1n) is 8.04. The fourth-order valence-corrected chi connectivity index (χ4v) is 2.32. The molecule has 0 bridgehead atoms. The Kier molecular flexibility index (Phi) is 5.09. The number of nitrogens with zero attached hydrogens (tertiary/aromatic N) is 2. The molecule has 0 unspecified atom stereocenters. The fraction of sp³-hybridized carbons (Fsp3) is 0.211. The Labute approximate surface area is 145 Å². The molecule has 1 heterocycles. The van der Waals surface area contributed by atoms with Crippen LogP contribution in [0.5, 0.6) is 5.75 Å². The summed E-state index contributed by atoms with van der Waals surface area (Å²) in [5.41, 5.74) is 1.52. The largest absolute Gasteiger partial charge is 0.483 e. The number of ether oxygens (including phenoxy) is 1. The van der Waals surface area contributed by atoms with Crippen LogP contribution in [0.15, 0.2) is 59.1 Å². The van der Waals surface area contributed by atoms with E-state index in [1.165, 1.54) is 0 Å². The van der Waals surface area contributed by atoms with Crippen LogP contribution in [-0.2, 0) is 4.79 Å². The van der Waals surface area contributed by atoms with E-state index in [4.69, 9.17) is 9.26 Å². The summed E-state index contributed by atoms with van der Waals surface area (Å²) in [6, 6.07) is 16.9. The van der Waals surface area contributed by atoms with Crippen molar-refractivity contribution in [3.8, 4) is 28.6 Å². The van der Waals surface area contributed by atoms with Gasteiger partial charge in [0.05, 0.1) is 5.56 Å². The molecule has 0 aliphatic heterocycles. The highest BCUT2D eigenvalue weighted by atomic mass is 16.5. The van der Waals surface area contributed by atoms with Crippen molar-refractivity contribution in [1.82, 2.24) is 15.5 Å². The van der Waals surface area contributed by atoms with Gasteiger partial charge in [-0.25, -0.2) is 0 Å². The van der Waals surface area contributed by atoms with E-state index in [0.717, 1.165) is 5.56 Å². The van der Waals surface area contributed by atoms with Crippen LogP contribution in [0.25, 0.3) is 22.8 Å². The summed E-state index contributed by atoms with van der Waals surface area (Å²) in [6.07, 6.45) is 0.